The number of hydrogen-bond acceptors (Lipinski definition) is 3. The number of nitrogens with zero attached hydrogens (tertiary/aromatic N) is 2. The number of nitriles is 1. The first kappa shape index (κ1) is 20.7. The van der Waals surface area contributed by atoms with Gasteiger partial charge in [0, 0.05) is 16.3 Å². The largest absolute Gasteiger partial charge is 0.467 e. The van der Waals surface area contributed by atoms with Gasteiger partial charge in [-0.3, -0.25) is 4.79 Å². The average Bonchev–Trinajstić information content (AvgIpc) is 3.26. The molecular formula is C22H24ClN4O2+. The number of carbonyl (C=O) groups excluding carboxylic acids is 1. The molecule has 0 fully saturated rings. The second-order valence-corrected chi connectivity index (χ2v) is 7.57. The number of halogens is 1. The van der Waals surface area contributed by atoms with E-state index in [2.05, 4.69) is 11.4 Å². The van der Waals surface area contributed by atoms with Gasteiger partial charge in [-0.15, -0.1) is 0 Å². The van der Waals surface area contributed by atoms with Crippen molar-refractivity contribution < 1.29 is 14.1 Å². The van der Waals surface area contributed by atoms with E-state index in [1.54, 1.807) is 6.26 Å². The Hall–Kier alpha value is -3.01. The SMILES string of the molecule is Cc1c(C#N)c(NC(=O)C[NH+](C)Cc2ccccc2Cl)n(Cc2ccco2)c1C. The zero-order valence-electron chi connectivity index (χ0n) is 16.8. The maximum absolute atomic E-state index is 12.7. The van der Waals surface area contributed by atoms with Gasteiger partial charge in [0.1, 0.15) is 24.2 Å². The molecule has 0 bridgehead atoms. The number of aromatic nitrogens is 1. The number of furan rings is 1. The first-order valence-electron chi connectivity index (χ1n) is 9.37. The Labute approximate surface area is 175 Å². The van der Waals surface area contributed by atoms with Crippen LogP contribution in [0, 0.1) is 25.2 Å². The van der Waals surface area contributed by atoms with Crippen LogP contribution in [0.15, 0.2) is 47.1 Å². The Kier molecular flexibility index (Phi) is 6.42. The molecule has 0 saturated carbocycles. The van der Waals surface area contributed by atoms with Crippen molar-refractivity contribution in [3.05, 3.63) is 75.8 Å². The van der Waals surface area contributed by atoms with Crippen LogP contribution in [0.1, 0.15) is 28.1 Å². The Balaban J connectivity index is 1.76. The maximum atomic E-state index is 12.7. The van der Waals surface area contributed by atoms with Crippen LogP contribution in [0.5, 0.6) is 0 Å². The molecule has 0 aliphatic heterocycles. The van der Waals surface area contributed by atoms with Gasteiger partial charge in [0.2, 0.25) is 0 Å². The molecule has 150 valence electrons. The Morgan fingerprint density at radius 2 is 2.03 bits per heavy atom. The van der Waals surface area contributed by atoms with Crippen LogP contribution < -0.4 is 10.2 Å². The molecule has 0 radical (unpaired) electrons. The van der Waals surface area contributed by atoms with Crippen molar-refractivity contribution in [3.63, 3.8) is 0 Å². The summed E-state index contributed by atoms with van der Waals surface area (Å²) < 4.78 is 7.35. The molecule has 0 saturated heterocycles. The van der Waals surface area contributed by atoms with Gasteiger partial charge in [-0.25, -0.2) is 0 Å². The van der Waals surface area contributed by atoms with Crippen LogP contribution in [0.3, 0.4) is 0 Å². The highest BCUT2D eigenvalue weighted by molar-refractivity contribution is 6.31. The van der Waals surface area contributed by atoms with Crippen LogP contribution in [0.4, 0.5) is 5.82 Å². The summed E-state index contributed by atoms with van der Waals surface area (Å²) in [5, 5.41) is 13.3. The summed E-state index contributed by atoms with van der Waals surface area (Å²) in [6.07, 6.45) is 1.61. The minimum atomic E-state index is -0.163. The van der Waals surface area contributed by atoms with E-state index in [4.69, 9.17) is 16.0 Å². The number of hydrogen-bond donors (Lipinski definition) is 2. The lowest BCUT2D eigenvalue weighted by atomic mass is 10.2. The van der Waals surface area contributed by atoms with Gasteiger partial charge < -0.3 is 19.2 Å². The number of rotatable bonds is 7. The summed E-state index contributed by atoms with van der Waals surface area (Å²) in [5.74, 6) is 1.10. The van der Waals surface area contributed by atoms with Crippen LogP contribution in [-0.4, -0.2) is 24.1 Å². The monoisotopic (exact) mass is 411 g/mol. The lowest BCUT2D eigenvalue weighted by molar-refractivity contribution is -0.885. The fourth-order valence-corrected chi connectivity index (χ4v) is 3.57. The lowest BCUT2D eigenvalue weighted by Gasteiger charge is -2.16. The van der Waals surface area contributed by atoms with Crippen molar-refractivity contribution in [2.75, 3.05) is 18.9 Å². The summed E-state index contributed by atoms with van der Waals surface area (Å²) >= 11 is 6.22. The van der Waals surface area contributed by atoms with Crippen LogP contribution in [-0.2, 0) is 17.9 Å². The average molecular weight is 412 g/mol. The van der Waals surface area contributed by atoms with Crippen LogP contribution in [0.2, 0.25) is 5.02 Å². The molecule has 0 aliphatic carbocycles. The summed E-state index contributed by atoms with van der Waals surface area (Å²) in [7, 11) is 1.94. The van der Waals surface area contributed by atoms with Gasteiger partial charge in [-0.2, -0.15) is 5.26 Å². The molecule has 2 aromatic heterocycles. The molecule has 0 aliphatic rings. The van der Waals surface area contributed by atoms with Crippen molar-refractivity contribution in [2.45, 2.75) is 26.9 Å². The van der Waals surface area contributed by atoms with Crippen molar-refractivity contribution in [1.29, 1.82) is 5.26 Å². The Morgan fingerprint density at radius 1 is 1.28 bits per heavy atom. The summed E-state index contributed by atoms with van der Waals surface area (Å²) in [5.41, 5.74) is 3.24. The van der Waals surface area contributed by atoms with Gasteiger partial charge in [-0.05, 0) is 37.6 Å². The summed E-state index contributed by atoms with van der Waals surface area (Å²) in [4.78, 5) is 13.7. The minimum Gasteiger partial charge on any atom is -0.467 e. The molecule has 3 aromatic rings. The number of amides is 1. The van der Waals surface area contributed by atoms with Crippen molar-refractivity contribution in [1.82, 2.24) is 4.57 Å². The third-order valence-corrected chi connectivity index (χ3v) is 5.37. The van der Waals surface area contributed by atoms with E-state index in [1.807, 2.05) is 61.9 Å². The third kappa shape index (κ3) is 4.70. The van der Waals surface area contributed by atoms with E-state index >= 15 is 0 Å². The summed E-state index contributed by atoms with van der Waals surface area (Å²) in [6, 6.07) is 13.5. The fourth-order valence-electron chi connectivity index (χ4n) is 3.37. The second-order valence-electron chi connectivity index (χ2n) is 7.16. The second kappa shape index (κ2) is 8.99. The number of anilines is 1. The molecular weight excluding hydrogens is 388 g/mol. The van der Waals surface area contributed by atoms with Gasteiger partial charge >= 0.3 is 0 Å². The highest BCUT2D eigenvalue weighted by Crippen LogP contribution is 2.27. The first-order chi connectivity index (χ1) is 13.9. The van der Waals surface area contributed by atoms with E-state index in [-0.39, 0.29) is 12.5 Å². The zero-order chi connectivity index (χ0) is 21.0. The number of benzene rings is 1. The van der Waals surface area contributed by atoms with Gasteiger partial charge in [0.15, 0.2) is 6.54 Å². The van der Waals surface area contributed by atoms with Gasteiger partial charge in [-0.1, -0.05) is 29.8 Å². The molecule has 0 spiro atoms. The highest BCUT2D eigenvalue weighted by atomic mass is 35.5. The fraction of sp³-hybridized carbons (Fsp3) is 0.273. The van der Waals surface area contributed by atoms with E-state index in [0.29, 0.717) is 29.5 Å². The Bertz CT molecular complexity index is 1050. The van der Waals surface area contributed by atoms with Crippen LogP contribution >= 0.6 is 11.6 Å². The zero-order valence-corrected chi connectivity index (χ0v) is 17.5. The van der Waals surface area contributed by atoms with E-state index < -0.39 is 0 Å². The third-order valence-electron chi connectivity index (χ3n) is 5.01. The number of likely N-dealkylation sites (N-methyl/N-ethyl adjacent to an activating group) is 1. The number of quaternary nitrogens is 1. The van der Waals surface area contributed by atoms with E-state index in [1.165, 1.54) is 0 Å². The molecule has 1 amide bonds. The molecule has 1 atom stereocenters. The highest BCUT2D eigenvalue weighted by Gasteiger charge is 2.22. The standard InChI is InChI=1S/C22H23ClN4O2/c1-15-16(2)27(13-18-8-6-10-29-18)22(19(15)11-24)25-21(28)14-26(3)12-17-7-4-5-9-20(17)23/h4-10H,12-14H2,1-3H3,(H,25,28)/p+1. The van der Waals surface area contributed by atoms with E-state index in [9.17, 15) is 10.1 Å². The quantitative estimate of drug-likeness (QED) is 0.627. The van der Waals surface area contributed by atoms with Crippen LogP contribution in [0.25, 0.3) is 0 Å². The van der Waals surface area contributed by atoms with Crippen molar-refractivity contribution in [3.8, 4) is 6.07 Å². The topological polar surface area (TPSA) is 75.4 Å². The molecule has 2 heterocycles. The molecule has 1 unspecified atom stereocenters. The summed E-state index contributed by atoms with van der Waals surface area (Å²) in [6.45, 7) is 5.14. The van der Waals surface area contributed by atoms with E-state index in [0.717, 1.165) is 27.5 Å². The van der Waals surface area contributed by atoms with Gasteiger partial charge in [0.05, 0.1) is 25.4 Å². The normalized spacial score (nSPS) is 11.8. The Morgan fingerprint density at radius 3 is 2.69 bits per heavy atom. The molecule has 29 heavy (non-hydrogen) atoms. The molecule has 7 heteroatoms. The minimum absolute atomic E-state index is 0.163. The maximum Gasteiger partial charge on any atom is 0.280 e. The molecule has 3 rings (SSSR count). The predicted octanol–water partition coefficient (Wildman–Crippen LogP) is 2.92. The molecule has 6 nitrogen and oxygen atoms in total. The first-order valence-corrected chi connectivity index (χ1v) is 9.75. The number of nitrogens with one attached hydrogen (secondary N) is 2. The van der Waals surface area contributed by atoms with Crippen molar-refractivity contribution in [2.24, 2.45) is 0 Å². The predicted molar refractivity (Wildman–Crippen MR) is 112 cm³/mol. The smallest absolute Gasteiger partial charge is 0.280 e. The molecule has 2 N–H and O–H groups in total. The van der Waals surface area contributed by atoms with Gasteiger partial charge in [0.25, 0.3) is 5.91 Å². The lowest BCUT2D eigenvalue weighted by Crippen LogP contribution is -3.08. The molecule has 1 aromatic carbocycles. The van der Waals surface area contributed by atoms with Crippen molar-refractivity contribution >= 4 is 23.3 Å². The number of carbonyl (C=O) groups is 1.